The molecule has 0 aromatic carbocycles. The van der Waals surface area contributed by atoms with Crippen LogP contribution in [0, 0.1) is 0 Å². The zero-order valence-electron chi connectivity index (χ0n) is 11.0. The first-order valence-electron chi connectivity index (χ1n) is 6.59. The maximum atomic E-state index is 12.0. The van der Waals surface area contributed by atoms with E-state index in [0.717, 1.165) is 24.2 Å². The molecule has 1 aliphatic rings. The fourth-order valence-corrected chi connectivity index (χ4v) is 2.81. The summed E-state index contributed by atoms with van der Waals surface area (Å²) >= 11 is 0. The molecular formula is C15H17N3O. The van der Waals surface area contributed by atoms with Gasteiger partial charge in [-0.25, -0.2) is 0 Å². The SMILES string of the molecule is CN1CCCC1c1cnccc1-n1ccccc1=O. The number of hydrogen-bond donors (Lipinski definition) is 0. The molecule has 3 heterocycles. The van der Waals surface area contributed by atoms with Crippen LogP contribution in [-0.4, -0.2) is 28.0 Å². The second-order valence-corrected chi connectivity index (χ2v) is 4.98. The molecule has 0 aliphatic carbocycles. The van der Waals surface area contributed by atoms with Crippen LogP contribution in [0.4, 0.5) is 0 Å². The summed E-state index contributed by atoms with van der Waals surface area (Å²) in [5.74, 6) is 0. The molecule has 0 spiro atoms. The van der Waals surface area contributed by atoms with Gasteiger partial charge in [0.2, 0.25) is 0 Å². The third-order valence-corrected chi connectivity index (χ3v) is 3.79. The van der Waals surface area contributed by atoms with E-state index in [2.05, 4.69) is 16.9 Å². The van der Waals surface area contributed by atoms with Crippen LogP contribution < -0.4 is 5.56 Å². The minimum absolute atomic E-state index is 0.00407. The summed E-state index contributed by atoms with van der Waals surface area (Å²) in [4.78, 5) is 18.6. The summed E-state index contributed by atoms with van der Waals surface area (Å²) < 4.78 is 1.70. The Hall–Kier alpha value is -1.94. The van der Waals surface area contributed by atoms with Crippen molar-refractivity contribution in [2.24, 2.45) is 0 Å². The third kappa shape index (κ3) is 2.19. The van der Waals surface area contributed by atoms with Gasteiger partial charge in [0.1, 0.15) is 0 Å². The maximum absolute atomic E-state index is 12.0. The predicted octanol–water partition coefficient (Wildman–Crippen LogP) is 2.00. The molecule has 0 N–H and O–H groups in total. The minimum atomic E-state index is -0.00407. The summed E-state index contributed by atoms with van der Waals surface area (Å²) in [5.41, 5.74) is 2.07. The largest absolute Gasteiger partial charge is 0.299 e. The number of pyridine rings is 2. The van der Waals surface area contributed by atoms with Gasteiger partial charge >= 0.3 is 0 Å². The highest BCUT2D eigenvalue weighted by Gasteiger charge is 2.25. The lowest BCUT2D eigenvalue weighted by molar-refractivity contribution is 0.316. The molecule has 0 radical (unpaired) electrons. The maximum Gasteiger partial charge on any atom is 0.255 e. The molecule has 1 saturated heterocycles. The van der Waals surface area contributed by atoms with Crippen LogP contribution in [0.3, 0.4) is 0 Å². The lowest BCUT2D eigenvalue weighted by Crippen LogP contribution is -2.22. The molecule has 0 bridgehead atoms. The molecule has 4 nitrogen and oxygen atoms in total. The van der Waals surface area contributed by atoms with E-state index >= 15 is 0 Å². The second kappa shape index (κ2) is 4.97. The van der Waals surface area contributed by atoms with Crippen molar-refractivity contribution in [2.75, 3.05) is 13.6 Å². The number of aromatic nitrogens is 2. The summed E-state index contributed by atoms with van der Waals surface area (Å²) in [7, 11) is 2.13. The van der Waals surface area contributed by atoms with Crippen molar-refractivity contribution in [3.8, 4) is 5.69 Å². The lowest BCUT2D eigenvalue weighted by atomic mass is 10.0. The Balaban J connectivity index is 2.13. The third-order valence-electron chi connectivity index (χ3n) is 3.79. The summed E-state index contributed by atoms with van der Waals surface area (Å²) in [6.45, 7) is 1.10. The van der Waals surface area contributed by atoms with Gasteiger partial charge in [0.05, 0.1) is 5.69 Å². The van der Waals surface area contributed by atoms with Gasteiger partial charge in [0.25, 0.3) is 5.56 Å². The molecular weight excluding hydrogens is 238 g/mol. The average Bonchev–Trinajstić information content (AvgIpc) is 2.86. The van der Waals surface area contributed by atoms with Gasteiger partial charge in [0.15, 0.2) is 0 Å². The average molecular weight is 255 g/mol. The highest BCUT2D eigenvalue weighted by molar-refractivity contribution is 5.41. The van der Waals surface area contributed by atoms with E-state index < -0.39 is 0 Å². The molecule has 0 amide bonds. The normalized spacial score (nSPS) is 19.7. The van der Waals surface area contributed by atoms with E-state index in [-0.39, 0.29) is 5.56 Å². The van der Waals surface area contributed by atoms with Crippen molar-refractivity contribution in [2.45, 2.75) is 18.9 Å². The van der Waals surface area contributed by atoms with Crippen LogP contribution in [0.25, 0.3) is 5.69 Å². The first kappa shape index (κ1) is 12.1. The zero-order valence-corrected chi connectivity index (χ0v) is 11.0. The molecule has 1 fully saturated rings. The highest BCUT2D eigenvalue weighted by Crippen LogP contribution is 2.32. The van der Waals surface area contributed by atoms with Gasteiger partial charge in [-0.3, -0.25) is 19.2 Å². The molecule has 2 aromatic rings. The fourth-order valence-electron chi connectivity index (χ4n) is 2.81. The van der Waals surface area contributed by atoms with Crippen LogP contribution in [0.15, 0.2) is 47.7 Å². The standard InChI is InChI=1S/C15H17N3O/c1-17-9-4-5-13(17)12-11-16-8-7-14(12)18-10-3-2-6-15(18)19/h2-3,6-8,10-11,13H,4-5,9H2,1H3. The Morgan fingerprint density at radius 3 is 2.95 bits per heavy atom. The van der Waals surface area contributed by atoms with Crippen molar-refractivity contribution in [1.29, 1.82) is 0 Å². The Bertz CT molecular complexity index is 635. The number of hydrogen-bond acceptors (Lipinski definition) is 3. The number of likely N-dealkylation sites (tertiary alicyclic amines) is 1. The van der Waals surface area contributed by atoms with Crippen LogP contribution >= 0.6 is 0 Å². The molecule has 2 aromatic heterocycles. The molecule has 1 unspecified atom stereocenters. The molecule has 3 rings (SSSR count). The fraction of sp³-hybridized carbons (Fsp3) is 0.333. The Labute approximate surface area is 112 Å². The summed E-state index contributed by atoms with van der Waals surface area (Å²) in [6.07, 6.45) is 7.76. The monoisotopic (exact) mass is 255 g/mol. The van der Waals surface area contributed by atoms with Crippen molar-refractivity contribution >= 4 is 0 Å². The Kier molecular flexibility index (Phi) is 3.17. The number of nitrogens with zero attached hydrogens (tertiary/aromatic N) is 3. The number of rotatable bonds is 2. The highest BCUT2D eigenvalue weighted by atomic mass is 16.1. The predicted molar refractivity (Wildman–Crippen MR) is 74.4 cm³/mol. The van der Waals surface area contributed by atoms with E-state index in [1.807, 2.05) is 24.5 Å². The molecule has 4 heteroatoms. The quantitative estimate of drug-likeness (QED) is 0.823. The summed E-state index contributed by atoms with van der Waals surface area (Å²) in [5, 5.41) is 0. The van der Waals surface area contributed by atoms with E-state index in [9.17, 15) is 4.79 Å². The van der Waals surface area contributed by atoms with Crippen LogP contribution in [0.5, 0.6) is 0 Å². The van der Waals surface area contributed by atoms with E-state index in [0.29, 0.717) is 6.04 Å². The Morgan fingerprint density at radius 1 is 1.32 bits per heavy atom. The van der Waals surface area contributed by atoms with E-state index in [4.69, 9.17) is 0 Å². The lowest BCUT2D eigenvalue weighted by Gasteiger charge is -2.22. The van der Waals surface area contributed by atoms with Crippen molar-refractivity contribution in [3.05, 3.63) is 58.8 Å². The second-order valence-electron chi connectivity index (χ2n) is 4.98. The smallest absolute Gasteiger partial charge is 0.255 e. The van der Waals surface area contributed by atoms with Gasteiger partial charge in [-0.05, 0) is 38.6 Å². The zero-order chi connectivity index (χ0) is 13.2. The van der Waals surface area contributed by atoms with Gasteiger partial charge < -0.3 is 0 Å². The minimum Gasteiger partial charge on any atom is -0.299 e. The van der Waals surface area contributed by atoms with Crippen LogP contribution in [-0.2, 0) is 0 Å². The molecule has 19 heavy (non-hydrogen) atoms. The molecule has 98 valence electrons. The molecule has 0 saturated carbocycles. The molecule has 1 aliphatic heterocycles. The summed E-state index contributed by atoms with van der Waals surface area (Å²) in [6, 6.07) is 7.51. The van der Waals surface area contributed by atoms with Gasteiger partial charge in [-0.1, -0.05) is 6.07 Å². The molecule has 1 atom stereocenters. The van der Waals surface area contributed by atoms with Crippen molar-refractivity contribution in [1.82, 2.24) is 14.5 Å². The first-order valence-corrected chi connectivity index (χ1v) is 6.59. The van der Waals surface area contributed by atoms with Gasteiger partial charge in [-0.2, -0.15) is 0 Å². The first-order chi connectivity index (χ1) is 9.27. The topological polar surface area (TPSA) is 38.1 Å². The Morgan fingerprint density at radius 2 is 2.21 bits per heavy atom. The van der Waals surface area contributed by atoms with Crippen molar-refractivity contribution in [3.63, 3.8) is 0 Å². The van der Waals surface area contributed by atoms with Crippen LogP contribution in [0.1, 0.15) is 24.4 Å². The van der Waals surface area contributed by atoms with Gasteiger partial charge in [-0.15, -0.1) is 0 Å². The van der Waals surface area contributed by atoms with Crippen LogP contribution in [0.2, 0.25) is 0 Å². The van der Waals surface area contributed by atoms with E-state index in [1.165, 1.54) is 6.42 Å². The van der Waals surface area contributed by atoms with E-state index in [1.54, 1.807) is 22.9 Å². The van der Waals surface area contributed by atoms with Gasteiger partial charge in [0, 0.05) is 36.3 Å². The van der Waals surface area contributed by atoms with Crippen molar-refractivity contribution < 1.29 is 0 Å².